The number of ketones is 1. The SMILES string of the molecule is C=Cc1c2[nH]c(c1C)/C=C1\NC(C3=C4NC(=C(C)[C@H]4C(=O)[C@@H]3C(=O)OC)/C=c3\[nH]/c(c(C=O)c3CC)=C\2)[C@@H](CC)[C@@H]1C. The van der Waals surface area contributed by atoms with Gasteiger partial charge in [0.1, 0.15) is 5.92 Å². The molecule has 5 atom stereocenters. The molecule has 8 nitrogen and oxygen atoms in total. The molecule has 8 heteroatoms. The van der Waals surface area contributed by atoms with Crippen LogP contribution in [0.25, 0.3) is 24.3 Å². The number of methoxy groups -OCH3 is 1. The lowest BCUT2D eigenvalue weighted by atomic mass is 9.81. The van der Waals surface area contributed by atoms with Gasteiger partial charge in [0.2, 0.25) is 0 Å². The molecule has 0 spiro atoms. The van der Waals surface area contributed by atoms with Crippen molar-refractivity contribution in [3.8, 4) is 0 Å². The number of Topliss-reactive ketones (excluding diaryl/α,β-unsaturated/α-hetero) is 1. The molecule has 2 aromatic heterocycles. The number of nitrogens with one attached hydrogen (secondary N) is 4. The molecule has 0 amide bonds. The van der Waals surface area contributed by atoms with Crippen LogP contribution in [-0.4, -0.2) is 41.2 Å². The molecule has 0 saturated carbocycles. The number of hydrogen-bond donors (Lipinski definition) is 4. The summed E-state index contributed by atoms with van der Waals surface area (Å²) in [6.07, 6.45) is 10.3. The minimum Gasteiger partial charge on any atom is -0.468 e. The van der Waals surface area contributed by atoms with E-state index in [-0.39, 0.29) is 23.7 Å². The Labute approximate surface area is 245 Å². The molecule has 218 valence electrons. The topological polar surface area (TPSA) is 116 Å². The summed E-state index contributed by atoms with van der Waals surface area (Å²) >= 11 is 0. The second-order valence-electron chi connectivity index (χ2n) is 11.8. The molecule has 4 aliphatic rings. The van der Waals surface area contributed by atoms with E-state index in [9.17, 15) is 14.4 Å². The smallest absolute Gasteiger partial charge is 0.320 e. The standard InChI is InChI=1S/C34H38N4O4/c1-8-18-15(4)22-11-23-16(5)19(9-2)31(37-23)29-30(34(41)42-7)33(40)28-17(6)24(38-32(28)29)12-26-20(10-3)21(14-39)27(36-26)13-25(18)35-22/h8,11-14,16,19,28,30-31,35-38H,1,9-10H2,2-7H3/b23-11-,26-12-,27-13-/t16-,19-,28+,30+,31?/m0/s1. The Balaban J connectivity index is 1.70. The van der Waals surface area contributed by atoms with Gasteiger partial charge in [-0.2, -0.15) is 0 Å². The number of aldehydes is 1. The molecule has 1 fully saturated rings. The van der Waals surface area contributed by atoms with Crippen molar-refractivity contribution < 1.29 is 19.1 Å². The van der Waals surface area contributed by atoms with Crippen LogP contribution in [0.1, 0.15) is 72.6 Å². The Morgan fingerprint density at radius 3 is 2.48 bits per heavy atom. The van der Waals surface area contributed by atoms with Gasteiger partial charge in [-0.1, -0.05) is 39.8 Å². The summed E-state index contributed by atoms with van der Waals surface area (Å²) in [6.45, 7) is 14.4. The van der Waals surface area contributed by atoms with E-state index in [1.54, 1.807) is 0 Å². The number of carbonyl (C=O) groups excluding carboxylic acids is 3. The second kappa shape index (κ2) is 10.2. The van der Waals surface area contributed by atoms with Crippen LogP contribution in [-0.2, 0) is 20.7 Å². The maximum Gasteiger partial charge on any atom is 0.320 e. The van der Waals surface area contributed by atoms with Crippen LogP contribution in [0.4, 0.5) is 0 Å². The molecular formula is C34H38N4O4. The van der Waals surface area contributed by atoms with Gasteiger partial charge in [-0.05, 0) is 66.7 Å². The highest BCUT2D eigenvalue weighted by Crippen LogP contribution is 2.48. The Bertz CT molecular complexity index is 1780. The molecule has 5 heterocycles. The third-order valence-corrected chi connectivity index (χ3v) is 9.86. The number of aromatic nitrogens is 2. The molecule has 3 aliphatic heterocycles. The Hall–Kier alpha value is -4.33. The van der Waals surface area contributed by atoms with Gasteiger partial charge < -0.3 is 25.3 Å². The van der Waals surface area contributed by atoms with Crippen LogP contribution >= 0.6 is 0 Å². The fourth-order valence-electron chi connectivity index (χ4n) is 7.59. The number of fused-ring (bicyclic) bond motifs is 8. The van der Waals surface area contributed by atoms with Gasteiger partial charge in [-0.3, -0.25) is 14.4 Å². The summed E-state index contributed by atoms with van der Waals surface area (Å²) in [6, 6.07) is -0.220. The number of carbonyl (C=O) groups is 3. The number of aromatic amines is 2. The van der Waals surface area contributed by atoms with Crippen molar-refractivity contribution in [3.05, 3.63) is 79.2 Å². The molecule has 4 N–H and O–H groups in total. The largest absolute Gasteiger partial charge is 0.468 e. The third kappa shape index (κ3) is 3.84. The number of hydrogen-bond acceptors (Lipinski definition) is 6. The number of ether oxygens (including phenoxy) is 1. The van der Waals surface area contributed by atoms with Crippen molar-refractivity contribution in [3.63, 3.8) is 0 Å². The Morgan fingerprint density at radius 1 is 1.07 bits per heavy atom. The van der Waals surface area contributed by atoms with Gasteiger partial charge in [-0.25, -0.2) is 0 Å². The van der Waals surface area contributed by atoms with Gasteiger partial charge >= 0.3 is 5.97 Å². The summed E-state index contributed by atoms with van der Waals surface area (Å²) < 4.78 is 5.19. The van der Waals surface area contributed by atoms with Gasteiger partial charge in [0.15, 0.2) is 12.1 Å². The van der Waals surface area contributed by atoms with Gasteiger partial charge in [0, 0.05) is 50.9 Å². The fraction of sp³-hybridized carbons (Fsp3) is 0.382. The predicted molar refractivity (Wildman–Crippen MR) is 163 cm³/mol. The van der Waals surface area contributed by atoms with Crippen molar-refractivity contribution >= 4 is 42.3 Å². The van der Waals surface area contributed by atoms with E-state index in [0.29, 0.717) is 17.3 Å². The fourth-order valence-corrected chi connectivity index (χ4v) is 7.59. The molecule has 0 radical (unpaired) electrons. The molecule has 0 aromatic carbocycles. The molecule has 1 aliphatic carbocycles. The van der Waals surface area contributed by atoms with Crippen molar-refractivity contribution in [2.24, 2.45) is 23.7 Å². The monoisotopic (exact) mass is 566 g/mol. The third-order valence-electron chi connectivity index (χ3n) is 9.86. The number of rotatable bonds is 5. The summed E-state index contributed by atoms with van der Waals surface area (Å²) in [5, 5.41) is 8.82. The highest BCUT2D eigenvalue weighted by molar-refractivity contribution is 6.09. The van der Waals surface area contributed by atoms with E-state index in [1.165, 1.54) is 7.11 Å². The Morgan fingerprint density at radius 2 is 1.83 bits per heavy atom. The minimum atomic E-state index is -0.971. The summed E-state index contributed by atoms with van der Waals surface area (Å²) in [7, 11) is 1.34. The van der Waals surface area contributed by atoms with E-state index >= 15 is 0 Å². The zero-order valence-electron chi connectivity index (χ0n) is 25.0. The number of esters is 1. The average Bonchev–Trinajstić information content (AvgIpc) is 3.72. The maximum atomic E-state index is 14.0. The summed E-state index contributed by atoms with van der Waals surface area (Å²) in [5.74, 6) is -1.89. The van der Waals surface area contributed by atoms with Crippen LogP contribution in [0, 0.1) is 30.6 Å². The first-order valence-electron chi connectivity index (χ1n) is 14.7. The van der Waals surface area contributed by atoms with Gasteiger partial charge in [-0.15, -0.1) is 0 Å². The summed E-state index contributed by atoms with van der Waals surface area (Å²) in [4.78, 5) is 46.6. The lowest BCUT2D eigenvalue weighted by Crippen LogP contribution is -2.37. The average molecular weight is 567 g/mol. The highest BCUT2D eigenvalue weighted by Gasteiger charge is 2.54. The van der Waals surface area contributed by atoms with E-state index in [4.69, 9.17) is 4.74 Å². The zero-order valence-corrected chi connectivity index (χ0v) is 25.0. The number of allylic oxidation sites excluding steroid dienone is 3. The molecule has 2 aromatic rings. The maximum absolute atomic E-state index is 14.0. The first-order chi connectivity index (χ1) is 20.2. The van der Waals surface area contributed by atoms with Crippen molar-refractivity contribution in [2.45, 2.75) is 53.5 Å². The van der Waals surface area contributed by atoms with Crippen LogP contribution in [0.15, 0.2) is 34.8 Å². The minimum absolute atomic E-state index is 0.152. The van der Waals surface area contributed by atoms with Crippen molar-refractivity contribution in [2.75, 3.05) is 7.11 Å². The predicted octanol–water partition coefficient (Wildman–Crippen LogP) is 3.39. The van der Waals surface area contributed by atoms with Crippen LogP contribution in [0.2, 0.25) is 0 Å². The van der Waals surface area contributed by atoms with Crippen LogP contribution < -0.4 is 21.3 Å². The highest BCUT2D eigenvalue weighted by atomic mass is 16.5. The zero-order chi connectivity index (χ0) is 30.0. The van der Waals surface area contributed by atoms with E-state index in [0.717, 1.165) is 74.4 Å². The lowest BCUT2D eigenvalue weighted by molar-refractivity contribution is -0.147. The molecule has 1 unspecified atom stereocenters. The normalized spacial score (nSPS) is 28.8. The van der Waals surface area contributed by atoms with E-state index in [1.807, 2.05) is 32.1 Å². The Kier molecular flexibility index (Phi) is 6.75. The summed E-state index contributed by atoms with van der Waals surface area (Å²) in [5.41, 5.74) is 9.57. The van der Waals surface area contributed by atoms with E-state index < -0.39 is 17.8 Å². The second-order valence-corrected chi connectivity index (χ2v) is 11.8. The molecule has 8 bridgehead atoms. The quantitative estimate of drug-likeness (QED) is 0.251. The van der Waals surface area contributed by atoms with Crippen LogP contribution in [0.3, 0.4) is 0 Å². The molecule has 1 saturated heterocycles. The van der Waals surface area contributed by atoms with Crippen molar-refractivity contribution in [1.29, 1.82) is 0 Å². The first kappa shape index (κ1) is 27.8. The molecular weight excluding hydrogens is 528 g/mol. The van der Waals surface area contributed by atoms with Gasteiger partial charge in [0.05, 0.1) is 24.4 Å². The lowest BCUT2D eigenvalue weighted by Gasteiger charge is -2.25. The van der Waals surface area contributed by atoms with Crippen LogP contribution in [0.5, 0.6) is 0 Å². The molecule has 6 rings (SSSR count). The van der Waals surface area contributed by atoms with Gasteiger partial charge in [0.25, 0.3) is 0 Å². The first-order valence-corrected chi connectivity index (χ1v) is 14.7. The molecule has 42 heavy (non-hydrogen) atoms. The number of H-pyrrole nitrogens is 2. The van der Waals surface area contributed by atoms with Crippen molar-refractivity contribution in [1.82, 2.24) is 20.6 Å². The van der Waals surface area contributed by atoms with E-state index in [2.05, 4.69) is 54.0 Å².